The fourth-order valence-corrected chi connectivity index (χ4v) is 6.41. The smallest absolute Gasteiger partial charge is 0.410 e. The molecule has 13 heteroatoms. The largest absolute Gasteiger partial charge is 0.444 e. The van der Waals surface area contributed by atoms with Gasteiger partial charge in [0.15, 0.2) is 0 Å². The molecule has 1 saturated carbocycles. The number of rotatable bonds is 13. The molecule has 278 valence electrons. The first-order chi connectivity index (χ1) is 22.3. The fraction of sp³-hybridized carbons (Fsp3) is 0.778. The minimum atomic E-state index is -1.05. The van der Waals surface area contributed by atoms with Gasteiger partial charge >= 0.3 is 12.1 Å². The second-order valence-corrected chi connectivity index (χ2v) is 17.3. The van der Waals surface area contributed by atoms with Crippen LogP contribution in [0.25, 0.3) is 0 Å². The van der Waals surface area contributed by atoms with Crippen molar-refractivity contribution in [2.24, 2.45) is 28.1 Å². The molecule has 2 fully saturated rings. The van der Waals surface area contributed by atoms with Crippen molar-refractivity contribution in [2.45, 2.75) is 126 Å². The van der Waals surface area contributed by atoms with Gasteiger partial charge in [-0.25, -0.2) is 9.59 Å². The van der Waals surface area contributed by atoms with Crippen LogP contribution in [0.1, 0.15) is 95.9 Å². The summed E-state index contributed by atoms with van der Waals surface area (Å²) in [5.41, 5.74) is -2.09. The number of Topliss-reactive ketones (excluding diaryl/α,β-unsaturated/α-hetero) is 1. The summed E-state index contributed by atoms with van der Waals surface area (Å²) in [5, 5.41) is 11.1. The molecule has 0 spiro atoms. The van der Waals surface area contributed by atoms with Crippen molar-refractivity contribution >= 4 is 35.6 Å². The Labute approximate surface area is 293 Å². The van der Waals surface area contributed by atoms with Crippen LogP contribution in [0.2, 0.25) is 0 Å². The molecule has 1 saturated heterocycles. The number of ketones is 1. The maximum Gasteiger partial charge on any atom is 0.410 e. The highest BCUT2D eigenvalue weighted by Gasteiger charge is 2.70. The van der Waals surface area contributed by atoms with Crippen molar-refractivity contribution < 1.29 is 33.5 Å². The minimum absolute atomic E-state index is 0.0616. The van der Waals surface area contributed by atoms with Gasteiger partial charge in [-0.1, -0.05) is 74.8 Å². The molecule has 13 nitrogen and oxygen atoms in total. The molecule has 1 aliphatic heterocycles. The fourth-order valence-electron chi connectivity index (χ4n) is 6.41. The van der Waals surface area contributed by atoms with Gasteiger partial charge in [0.2, 0.25) is 17.6 Å². The zero-order chi connectivity index (χ0) is 37.9. The van der Waals surface area contributed by atoms with E-state index in [-0.39, 0.29) is 36.8 Å². The minimum Gasteiger partial charge on any atom is -0.444 e. The Hall–Kier alpha value is -3.64. The Bertz CT molecular complexity index is 1280. The third-order valence-electron chi connectivity index (χ3n) is 9.50. The number of nitrogens with zero attached hydrogens (tertiary/aromatic N) is 2. The van der Waals surface area contributed by atoms with Gasteiger partial charge in [0.05, 0.1) is 12.1 Å². The first kappa shape index (κ1) is 41.5. The molecule has 1 unspecified atom stereocenters. The molecule has 0 radical (unpaired) electrons. The lowest BCUT2D eigenvalue weighted by atomic mass is 9.85. The molecule has 0 aromatic carbocycles. The van der Waals surface area contributed by atoms with E-state index in [1.807, 2.05) is 48.5 Å². The summed E-state index contributed by atoms with van der Waals surface area (Å²) in [6, 6.07) is -4.02. The molecule has 2 aliphatic rings. The summed E-state index contributed by atoms with van der Waals surface area (Å²) in [4.78, 5) is 83.0. The van der Waals surface area contributed by atoms with Crippen LogP contribution in [0.3, 0.4) is 0 Å². The van der Waals surface area contributed by atoms with Crippen molar-refractivity contribution in [3.8, 4) is 0 Å². The Kier molecular flexibility index (Phi) is 13.1. The average Bonchev–Trinajstić information content (AvgIpc) is 3.26. The normalized spacial score (nSPS) is 21.7. The van der Waals surface area contributed by atoms with E-state index in [1.54, 1.807) is 27.8 Å². The van der Waals surface area contributed by atoms with Crippen LogP contribution in [-0.4, -0.2) is 102 Å². The Morgan fingerprint density at radius 1 is 0.959 bits per heavy atom. The molecule has 1 aliphatic carbocycles. The summed E-state index contributed by atoms with van der Waals surface area (Å²) in [5.74, 6) is -2.55. The lowest BCUT2D eigenvalue weighted by Gasteiger charge is -2.39. The lowest BCUT2D eigenvalue weighted by Crippen LogP contribution is -2.62. The van der Waals surface area contributed by atoms with E-state index in [0.29, 0.717) is 13.0 Å². The Morgan fingerprint density at radius 3 is 2.04 bits per heavy atom. The third-order valence-corrected chi connectivity index (χ3v) is 9.50. The van der Waals surface area contributed by atoms with Crippen molar-refractivity contribution in [1.82, 2.24) is 31.1 Å². The molecule has 0 aromatic rings. The summed E-state index contributed by atoms with van der Waals surface area (Å²) in [6.07, 6.45) is 1.74. The number of fused-ring (bicyclic) bond motifs is 1. The number of hydrogen-bond donors (Lipinski definition) is 4. The zero-order valence-electron chi connectivity index (χ0n) is 32.0. The Morgan fingerprint density at radius 2 is 1.55 bits per heavy atom. The van der Waals surface area contributed by atoms with E-state index in [2.05, 4.69) is 41.7 Å². The number of amides is 6. The number of likely N-dealkylation sites (N-methyl/N-ethyl adjacent to an activating group) is 1. The highest BCUT2D eigenvalue weighted by atomic mass is 16.6. The van der Waals surface area contributed by atoms with Gasteiger partial charge in [0, 0.05) is 26.7 Å². The van der Waals surface area contributed by atoms with Gasteiger partial charge in [0.1, 0.15) is 17.7 Å². The highest BCUT2D eigenvalue weighted by molar-refractivity contribution is 6.38. The number of nitrogens with one attached hydrogen (secondary N) is 4. The summed E-state index contributed by atoms with van der Waals surface area (Å²) in [7, 11) is 1.60. The molecule has 2 rings (SSSR count). The summed E-state index contributed by atoms with van der Waals surface area (Å²) < 4.78 is 5.48. The van der Waals surface area contributed by atoms with E-state index < -0.39 is 76.2 Å². The average molecular weight is 691 g/mol. The number of carbonyl (C=O) groups is 6. The number of hydrogen-bond acceptors (Lipinski definition) is 7. The van der Waals surface area contributed by atoms with Crippen LogP contribution in [0.5, 0.6) is 0 Å². The highest BCUT2D eigenvalue weighted by Crippen LogP contribution is 2.65. The maximum absolute atomic E-state index is 14.4. The summed E-state index contributed by atoms with van der Waals surface area (Å²) in [6.45, 7) is 26.8. The molecule has 6 atom stereocenters. The monoisotopic (exact) mass is 690 g/mol. The van der Waals surface area contributed by atoms with Crippen LogP contribution < -0.4 is 21.3 Å². The first-order valence-corrected chi connectivity index (χ1v) is 17.3. The third kappa shape index (κ3) is 10.7. The standard InChI is InChI=1S/C36H62N6O7/c1-15-17-22(26(43)29(45)37-18-16-2)38-28(44)25-24-21(36(24,12)13)19-42(25)30(46)27(34(6,7)8)40-31(47)39-23(33(3,4)5)20-41(14)32(48)49-35(9,10)11/h16,21-25,27H,2,15,17-20H2,1,3-14H3,(H,37,45)(H,38,44)(H2,39,40,47)/t21-,22?,23+,24-,25-,27+/m0/s1. The first-order valence-electron chi connectivity index (χ1n) is 17.3. The number of piperidine rings is 1. The Balaban J connectivity index is 2.30. The zero-order valence-corrected chi connectivity index (χ0v) is 32.0. The second-order valence-electron chi connectivity index (χ2n) is 17.3. The van der Waals surface area contributed by atoms with Crippen LogP contribution in [0.4, 0.5) is 9.59 Å². The van der Waals surface area contributed by atoms with Crippen molar-refractivity contribution in [3.05, 3.63) is 12.7 Å². The molecule has 49 heavy (non-hydrogen) atoms. The number of ether oxygens (including phenoxy) is 1. The molecular formula is C36H62N6O7. The van der Waals surface area contributed by atoms with E-state index in [4.69, 9.17) is 4.74 Å². The van der Waals surface area contributed by atoms with Crippen molar-refractivity contribution in [3.63, 3.8) is 0 Å². The van der Waals surface area contributed by atoms with Crippen LogP contribution in [-0.2, 0) is 23.9 Å². The van der Waals surface area contributed by atoms with Gasteiger partial charge in [-0.05, 0) is 55.3 Å². The number of likely N-dealkylation sites (tertiary alicyclic amines) is 1. The topological polar surface area (TPSA) is 166 Å². The SMILES string of the molecule is C=CCNC(=O)C(=O)C(CCC)NC(=O)[C@@H]1[C@@H]2[C@H](CN1C(=O)[C@@H](NC(=O)N[C@H](CN(C)C(=O)OC(C)(C)C)C(C)(C)C)C(C)(C)C)C2(C)C. The van der Waals surface area contributed by atoms with Gasteiger partial charge in [-0.2, -0.15) is 0 Å². The molecular weight excluding hydrogens is 628 g/mol. The maximum atomic E-state index is 14.4. The van der Waals surface area contributed by atoms with Gasteiger partial charge in [-0.3, -0.25) is 19.2 Å². The van der Waals surface area contributed by atoms with Gasteiger partial charge < -0.3 is 35.8 Å². The van der Waals surface area contributed by atoms with E-state index in [1.165, 1.54) is 15.9 Å². The quantitative estimate of drug-likeness (QED) is 0.169. The predicted molar refractivity (Wildman–Crippen MR) is 188 cm³/mol. The molecule has 4 N–H and O–H groups in total. The van der Waals surface area contributed by atoms with Gasteiger partial charge in [0.25, 0.3) is 5.91 Å². The molecule has 0 bridgehead atoms. The van der Waals surface area contributed by atoms with E-state index in [0.717, 1.165) is 0 Å². The summed E-state index contributed by atoms with van der Waals surface area (Å²) >= 11 is 0. The molecule has 6 amide bonds. The number of carbonyl (C=O) groups excluding carboxylic acids is 6. The lowest BCUT2D eigenvalue weighted by molar-refractivity contribution is -0.145. The van der Waals surface area contributed by atoms with Crippen LogP contribution >= 0.6 is 0 Å². The van der Waals surface area contributed by atoms with Crippen LogP contribution in [0, 0.1) is 28.1 Å². The van der Waals surface area contributed by atoms with E-state index >= 15 is 0 Å². The molecule has 0 aromatic heterocycles. The van der Waals surface area contributed by atoms with Crippen molar-refractivity contribution in [1.29, 1.82) is 0 Å². The molecule has 1 heterocycles. The number of urea groups is 1. The van der Waals surface area contributed by atoms with Crippen LogP contribution in [0.15, 0.2) is 12.7 Å². The van der Waals surface area contributed by atoms with Crippen molar-refractivity contribution in [2.75, 3.05) is 26.7 Å². The predicted octanol–water partition coefficient (Wildman–Crippen LogP) is 3.62. The van der Waals surface area contributed by atoms with Gasteiger partial charge in [-0.15, -0.1) is 6.58 Å². The van der Waals surface area contributed by atoms with E-state index in [9.17, 15) is 28.8 Å². The second kappa shape index (κ2) is 15.5.